The molecule has 0 saturated carbocycles. The maximum absolute atomic E-state index is 5.24. The fraction of sp³-hybridized carbons (Fsp3) is 0.600. The third-order valence-corrected chi connectivity index (χ3v) is 2.06. The van der Waals surface area contributed by atoms with Gasteiger partial charge in [0.25, 0.3) is 0 Å². The fourth-order valence-electron chi connectivity index (χ4n) is 1.23. The van der Waals surface area contributed by atoms with E-state index in [-0.39, 0.29) is 0 Å². The Morgan fingerprint density at radius 1 is 1.55 bits per heavy atom. The molecule has 1 atom stereocenters. The van der Waals surface area contributed by atoms with Crippen molar-refractivity contribution >= 4 is 0 Å². The zero-order valence-electron chi connectivity index (χ0n) is 7.34. The predicted octanol–water partition coefficient (Wildman–Crippen LogP) is 2.69. The minimum atomic E-state index is 0.297. The summed E-state index contributed by atoms with van der Waals surface area (Å²) in [7, 11) is 1.76. The van der Waals surface area contributed by atoms with Crippen LogP contribution in [0, 0.1) is 0 Å². The standard InChI is InChI=1S/C10H16O/c1-9-5-3-4-6-10(11-2)8-7-9/h4,6-7,10H,3,5,8H2,1-2H3. The van der Waals surface area contributed by atoms with Gasteiger partial charge in [0.2, 0.25) is 0 Å². The number of allylic oxidation sites excluding steroid dienone is 2. The first-order valence-corrected chi connectivity index (χ1v) is 4.18. The molecule has 11 heavy (non-hydrogen) atoms. The Morgan fingerprint density at radius 2 is 2.36 bits per heavy atom. The van der Waals surface area contributed by atoms with Gasteiger partial charge < -0.3 is 4.74 Å². The predicted molar refractivity (Wildman–Crippen MR) is 47.5 cm³/mol. The lowest BCUT2D eigenvalue weighted by molar-refractivity contribution is 0.143. The van der Waals surface area contributed by atoms with E-state index in [1.165, 1.54) is 12.0 Å². The van der Waals surface area contributed by atoms with Crippen LogP contribution < -0.4 is 0 Å². The smallest absolute Gasteiger partial charge is 0.0786 e. The van der Waals surface area contributed by atoms with Crippen LogP contribution in [-0.4, -0.2) is 13.2 Å². The highest BCUT2D eigenvalue weighted by molar-refractivity contribution is 5.06. The molecule has 0 saturated heterocycles. The third-order valence-electron chi connectivity index (χ3n) is 2.06. The van der Waals surface area contributed by atoms with Crippen LogP contribution in [0.4, 0.5) is 0 Å². The molecule has 62 valence electrons. The number of hydrogen-bond donors (Lipinski definition) is 0. The zero-order valence-corrected chi connectivity index (χ0v) is 7.34. The van der Waals surface area contributed by atoms with Crippen molar-refractivity contribution in [2.45, 2.75) is 32.3 Å². The summed E-state index contributed by atoms with van der Waals surface area (Å²) in [6, 6.07) is 0. The molecular formula is C10H16O. The van der Waals surface area contributed by atoms with Crippen molar-refractivity contribution in [2.24, 2.45) is 0 Å². The summed E-state index contributed by atoms with van der Waals surface area (Å²) in [4.78, 5) is 0. The van der Waals surface area contributed by atoms with E-state index in [9.17, 15) is 0 Å². The van der Waals surface area contributed by atoms with Crippen LogP contribution in [0.3, 0.4) is 0 Å². The largest absolute Gasteiger partial charge is 0.377 e. The maximum Gasteiger partial charge on any atom is 0.0786 e. The summed E-state index contributed by atoms with van der Waals surface area (Å²) >= 11 is 0. The monoisotopic (exact) mass is 152 g/mol. The first-order chi connectivity index (χ1) is 5.33. The van der Waals surface area contributed by atoms with Gasteiger partial charge in [-0.15, -0.1) is 0 Å². The van der Waals surface area contributed by atoms with Gasteiger partial charge in [0.15, 0.2) is 0 Å². The molecular weight excluding hydrogens is 136 g/mol. The Balaban J connectivity index is 2.51. The van der Waals surface area contributed by atoms with Crippen LogP contribution in [0.15, 0.2) is 23.8 Å². The normalized spacial score (nSPS) is 25.6. The number of ether oxygens (including phenoxy) is 1. The van der Waals surface area contributed by atoms with Crippen molar-refractivity contribution in [1.29, 1.82) is 0 Å². The van der Waals surface area contributed by atoms with Crippen LogP contribution in [0.2, 0.25) is 0 Å². The molecule has 0 N–H and O–H groups in total. The van der Waals surface area contributed by atoms with E-state index in [0.717, 1.165) is 12.8 Å². The molecule has 0 fully saturated rings. The lowest BCUT2D eigenvalue weighted by Gasteiger charge is -2.11. The Labute approximate surface area is 68.8 Å². The van der Waals surface area contributed by atoms with Crippen LogP contribution in [0.25, 0.3) is 0 Å². The average molecular weight is 152 g/mol. The van der Waals surface area contributed by atoms with E-state index in [4.69, 9.17) is 4.74 Å². The molecule has 1 unspecified atom stereocenters. The molecule has 1 heteroatoms. The molecule has 0 aromatic heterocycles. The molecule has 0 radical (unpaired) electrons. The van der Waals surface area contributed by atoms with Crippen LogP contribution >= 0.6 is 0 Å². The topological polar surface area (TPSA) is 9.23 Å². The van der Waals surface area contributed by atoms with Gasteiger partial charge in [0.1, 0.15) is 0 Å². The van der Waals surface area contributed by atoms with Crippen LogP contribution in [-0.2, 0) is 4.74 Å². The minimum absolute atomic E-state index is 0.297. The molecule has 0 aliphatic heterocycles. The molecule has 0 aromatic rings. The Bertz CT molecular complexity index is 168. The third kappa shape index (κ3) is 2.89. The fourth-order valence-corrected chi connectivity index (χ4v) is 1.23. The van der Waals surface area contributed by atoms with Crippen LogP contribution in [0.1, 0.15) is 26.2 Å². The molecule has 1 rings (SSSR count). The van der Waals surface area contributed by atoms with Crippen molar-refractivity contribution < 1.29 is 4.74 Å². The highest BCUT2D eigenvalue weighted by Crippen LogP contribution is 2.12. The Hall–Kier alpha value is -0.560. The van der Waals surface area contributed by atoms with Gasteiger partial charge in [-0.25, -0.2) is 0 Å². The molecule has 0 bridgehead atoms. The van der Waals surface area contributed by atoms with E-state index >= 15 is 0 Å². The lowest BCUT2D eigenvalue weighted by Crippen LogP contribution is -2.06. The summed E-state index contributed by atoms with van der Waals surface area (Å²) < 4.78 is 5.24. The second-order valence-corrected chi connectivity index (χ2v) is 3.03. The van der Waals surface area contributed by atoms with Crippen molar-refractivity contribution in [1.82, 2.24) is 0 Å². The second kappa shape index (κ2) is 4.35. The van der Waals surface area contributed by atoms with Crippen molar-refractivity contribution in [3.05, 3.63) is 23.8 Å². The zero-order chi connectivity index (χ0) is 8.10. The maximum atomic E-state index is 5.24. The Morgan fingerprint density at radius 3 is 3.09 bits per heavy atom. The molecule has 0 amide bonds. The first kappa shape index (κ1) is 8.54. The van der Waals surface area contributed by atoms with Gasteiger partial charge >= 0.3 is 0 Å². The summed E-state index contributed by atoms with van der Waals surface area (Å²) in [6.45, 7) is 2.19. The van der Waals surface area contributed by atoms with E-state index in [0.29, 0.717) is 6.10 Å². The molecule has 1 aliphatic carbocycles. The first-order valence-electron chi connectivity index (χ1n) is 4.18. The van der Waals surface area contributed by atoms with E-state index in [1.807, 2.05) is 0 Å². The highest BCUT2D eigenvalue weighted by Gasteiger charge is 2.02. The van der Waals surface area contributed by atoms with E-state index in [2.05, 4.69) is 25.2 Å². The number of rotatable bonds is 1. The average Bonchev–Trinajstić information content (AvgIpc) is 1.98. The van der Waals surface area contributed by atoms with Gasteiger partial charge in [-0.1, -0.05) is 23.8 Å². The summed E-state index contributed by atoms with van der Waals surface area (Å²) in [5, 5.41) is 0. The van der Waals surface area contributed by atoms with Gasteiger partial charge in [-0.3, -0.25) is 0 Å². The minimum Gasteiger partial charge on any atom is -0.377 e. The quantitative estimate of drug-likeness (QED) is 0.525. The van der Waals surface area contributed by atoms with Gasteiger partial charge in [0, 0.05) is 7.11 Å². The molecule has 1 aliphatic rings. The van der Waals surface area contributed by atoms with Crippen molar-refractivity contribution in [3.63, 3.8) is 0 Å². The van der Waals surface area contributed by atoms with Gasteiger partial charge in [-0.05, 0) is 26.2 Å². The molecule has 0 heterocycles. The van der Waals surface area contributed by atoms with Crippen molar-refractivity contribution in [2.75, 3.05) is 7.11 Å². The summed E-state index contributed by atoms with van der Waals surface area (Å²) in [5.41, 5.74) is 1.48. The lowest BCUT2D eigenvalue weighted by atomic mass is 10.0. The highest BCUT2D eigenvalue weighted by atomic mass is 16.5. The summed E-state index contributed by atoms with van der Waals surface area (Å²) in [6.07, 6.45) is 10.3. The van der Waals surface area contributed by atoms with Crippen LogP contribution in [0.5, 0.6) is 0 Å². The number of hydrogen-bond acceptors (Lipinski definition) is 1. The Kier molecular flexibility index (Phi) is 3.37. The second-order valence-electron chi connectivity index (χ2n) is 3.03. The van der Waals surface area contributed by atoms with Gasteiger partial charge in [0.05, 0.1) is 6.10 Å². The van der Waals surface area contributed by atoms with E-state index < -0.39 is 0 Å². The van der Waals surface area contributed by atoms with Gasteiger partial charge in [-0.2, -0.15) is 0 Å². The molecule has 0 spiro atoms. The van der Waals surface area contributed by atoms with E-state index in [1.54, 1.807) is 7.11 Å². The summed E-state index contributed by atoms with van der Waals surface area (Å²) in [5.74, 6) is 0. The SMILES string of the molecule is COC1C=CCCC(C)=CC1. The molecule has 0 aromatic carbocycles. The number of methoxy groups -OCH3 is 1. The van der Waals surface area contributed by atoms with Crippen molar-refractivity contribution in [3.8, 4) is 0 Å². The molecule has 1 nitrogen and oxygen atoms in total.